The lowest BCUT2D eigenvalue weighted by Gasteiger charge is -2.21. The van der Waals surface area contributed by atoms with Crippen LogP contribution in [0.1, 0.15) is 29.1 Å². The summed E-state index contributed by atoms with van der Waals surface area (Å²) in [5, 5.41) is 13.0. The van der Waals surface area contributed by atoms with E-state index in [1.165, 1.54) is 10.4 Å². The minimum absolute atomic E-state index is 0.0684. The third kappa shape index (κ3) is 3.86. The van der Waals surface area contributed by atoms with Gasteiger partial charge in [0, 0.05) is 17.0 Å². The summed E-state index contributed by atoms with van der Waals surface area (Å²) in [7, 11) is 0. The zero-order valence-corrected chi connectivity index (χ0v) is 12.2. The molecule has 0 amide bonds. The van der Waals surface area contributed by atoms with Crippen LogP contribution in [0.4, 0.5) is 0 Å². The van der Waals surface area contributed by atoms with E-state index in [0.29, 0.717) is 0 Å². The molecule has 1 heterocycles. The van der Waals surface area contributed by atoms with E-state index in [2.05, 4.69) is 29.4 Å². The average Bonchev–Trinajstić information content (AvgIpc) is 2.85. The molecule has 0 spiro atoms. The molecule has 102 valence electrons. The Bertz CT molecular complexity index is 498. The van der Waals surface area contributed by atoms with Crippen LogP contribution >= 0.6 is 11.3 Å². The van der Waals surface area contributed by atoms with Crippen molar-refractivity contribution in [3.05, 3.63) is 52.0 Å². The number of aliphatic hydroxyl groups is 1. The average molecular weight is 276 g/mol. The molecule has 1 aromatic heterocycles. The number of rotatable bonds is 6. The number of aromatic nitrogens is 1. The SMILES string of the molecule is Cc1ncsc1C(C)N[C@@H](CO)Cc1ccccc1. The van der Waals surface area contributed by atoms with Crippen molar-refractivity contribution < 1.29 is 5.11 Å². The summed E-state index contributed by atoms with van der Waals surface area (Å²) in [6.45, 7) is 4.28. The molecule has 0 saturated heterocycles. The van der Waals surface area contributed by atoms with Gasteiger partial charge in [-0.1, -0.05) is 30.3 Å². The molecule has 0 saturated carbocycles. The third-order valence-electron chi connectivity index (χ3n) is 3.21. The molecule has 0 aliphatic rings. The van der Waals surface area contributed by atoms with Gasteiger partial charge in [-0.05, 0) is 25.8 Å². The van der Waals surface area contributed by atoms with E-state index in [-0.39, 0.29) is 18.7 Å². The normalized spacial score (nSPS) is 14.3. The molecule has 0 aliphatic heterocycles. The molecule has 3 nitrogen and oxygen atoms in total. The van der Waals surface area contributed by atoms with Crippen LogP contribution in [0.3, 0.4) is 0 Å². The highest BCUT2D eigenvalue weighted by molar-refractivity contribution is 7.09. The maximum atomic E-state index is 9.53. The topological polar surface area (TPSA) is 45.2 Å². The number of nitrogens with one attached hydrogen (secondary N) is 1. The third-order valence-corrected chi connectivity index (χ3v) is 4.32. The van der Waals surface area contributed by atoms with Crippen molar-refractivity contribution in [1.82, 2.24) is 10.3 Å². The molecule has 0 bridgehead atoms. The number of aryl methyl sites for hydroxylation is 1. The zero-order valence-electron chi connectivity index (χ0n) is 11.3. The predicted molar refractivity (Wildman–Crippen MR) is 79.4 cm³/mol. The molecule has 2 aromatic rings. The zero-order chi connectivity index (χ0) is 13.7. The van der Waals surface area contributed by atoms with Crippen molar-refractivity contribution in [2.75, 3.05) is 6.61 Å². The Labute approximate surface area is 118 Å². The van der Waals surface area contributed by atoms with Gasteiger partial charge in [0.2, 0.25) is 0 Å². The number of hydrogen-bond donors (Lipinski definition) is 2. The molecule has 0 aliphatic carbocycles. The minimum Gasteiger partial charge on any atom is -0.395 e. The Kier molecular flexibility index (Phi) is 5.07. The van der Waals surface area contributed by atoms with Crippen LogP contribution in [0, 0.1) is 6.92 Å². The van der Waals surface area contributed by atoms with E-state index >= 15 is 0 Å². The molecule has 2 rings (SSSR count). The molecule has 1 aromatic carbocycles. The predicted octanol–water partition coefficient (Wildman–Crippen LogP) is 2.71. The van der Waals surface area contributed by atoms with E-state index in [1.54, 1.807) is 11.3 Å². The van der Waals surface area contributed by atoms with Crippen molar-refractivity contribution in [2.24, 2.45) is 0 Å². The van der Waals surface area contributed by atoms with Gasteiger partial charge in [0.15, 0.2) is 0 Å². The first-order valence-electron chi connectivity index (χ1n) is 6.51. The van der Waals surface area contributed by atoms with Gasteiger partial charge in [0.25, 0.3) is 0 Å². The van der Waals surface area contributed by atoms with Crippen LogP contribution in [0.5, 0.6) is 0 Å². The number of nitrogens with zero attached hydrogens (tertiary/aromatic N) is 1. The monoisotopic (exact) mass is 276 g/mol. The smallest absolute Gasteiger partial charge is 0.0798 e. The lowest BCUT2D eigenvalue weighted by atomic mass is 10.1. The largest absolute Gasteiger partial charge is 0.395 e. The van der Waals surface area contributed by atoms with E-state index in [1.807, 2.05) is 30.6 Å². The highest BCUT2D eigenvalue weighted by atomic mass is 32.1. The summed E-state index contributed by atoms with van der Waals surface area (Å²) in [6, 6.07) is 10.5. The van der Waals surface area contributed by atoms with Gasteiger partial charge < -0.3 is 10.4 Å². The van der Waals surface area contributed by atoms with Crippen molar-refractivity contribution in [3.63, 3.8) is 0 Å². The van der Waals surface area contributed by atoms with Gasteiger partial charge in [-0.3, -0.25) is 0 Å². The van der Waals surface area contributed by atoms with Gasteiger partial charge in [-0.25, -0.2) is 4.98 Å². The summed E-state index contributed by atoms with van der Waals surface area (Å²) in [5.74, 6) is 0. The fourth-order valence-corrected chi connectivity index (χ4v) is 3.05. The Morgan fingerprint density at radius 3 is 2.63 bits per heavy atom. The first-order chi connectivity index (χ1) is 9.20. The molecule has 0 fully saturated rings. The fourth-order valence-electron chi connectivity index (χ4n) is 2.23. The summed E-state index contributed by atoms with van der Waals surface area (Å²) in [4.78, 5) is 5.51. The van der Waals surface area contributed by atoms with Crippen LogP contribution in [0.15, 0.2) is 35.8 Å². The first-order valence-corrected chi connectivity index (χ1v) is 7.39. The first kappa shape index (κ1) is 14.2. The second kappa shape index (κ2) is 6.80. The van der Waals surface area contributed by atoms with E-state index in [4.69, 9.17) is 0 Å². The fraction of sp³-hybridized carbons (Fsp3) is 0.400. The van der Waals surface area contributed by atoms with Crippen LogP contribution in [-0.4, -0.2) is 22.7 Å². The maximum absolute atomic E-state index is 9.53. The van der Waals surface area contributed by atoms with Crippen molar-refractivity contribution in [3.8, 4) is 0 Å². The van der Waals surface area contributed by atoms with E-state index < -0.39 is 0 Å². The number of hydrogen-bond acceptors (Lipinski definition) is 4. The Balaban J connectivity index is 1.98. The van der Waals surface area contributed by atoms with Gasteiger partial charge in [0.05, 0.1) is 17.8 Å². The Hall–Kier alpha value is -1.23. The van der Waals surface area contributed by atoms with Gasteiger partial charge in [-0.2, -0.15) is 0 Å². The summed E-state index contributed by atoms with van der Waals surface area (Å²) in [6.07, 6.45) is 0.833. The van der Waals surface area contributed by atoms with Crippen LogP contribution in [0.2, 0.25) is 0 Å². The van der Waals surface area contributed by atoms with Crippen LogP contribution in [0.25, 0.3) is 0 Å². The number of thiazole rings is 1. The van der Waals surface area contributed by atoms with Crippen molar-refractivity contribution in [1.29, 1.82) is 0 Å². The van der Waals surface area contributed by atoms with E-state index in [9.17, 15) is 5.11 Å². The van der Waals surface area contributed by atoms with E-state index in [0.717, 1.165) is 12.1 Å². The quantitative estimate of drug-likeness (QED) is 0.852. The van der Waals surface area contributed by atoms with Crippen molar-refractivity contribution in [2.45, 2.75) is 32.4 Å². The lowest BCUT2D eigenvalue weighted by molar-refractivity contribution is 0.233. The van der Waals surface area contributed by atoms with Crippen LogP contribution < -0.4 is 5.32 Å². The Morgan fingerprint density at radius 2 is 2.05 bits per heavy atom. The number of aliphatic hydroxyl groups excluding tert-OH is 1. The van der Waals surface area contributed by atoms with Gasteiger partial charge in [-0.15, -0.1) is 11.3 Å². The summed E-state index contributed by atoms with van der Waals surface area (Å²) >= 11 is 1.66. The standard InChI is InChI=1S/C15H20N2OS/c1-11-15(19-10-16-11)12(2)17-14(9-18)8-13-6-4-3-5-7-13/h3-7,10,12,14,17-18H,8-9H2,1-2H3/t12?,14-/m1/s1. The lowest BCUT2D eigenvalue weighted by Crippen LogP contribution is -2.36. The maximum Gasteiger partial charge on any atom is 0.0798 e. The minimum atomic E-state index is 0.0684. The molecule has 2 atom stereocenters. The summed E-state index contributed by atoms with van der Waals surface area (Å²) < 4.78 is 0. The molecular formula is C15H20N2OS. The Morgan fingerprint density at radius 1 is 1.32 bits per heavy atom. The molecule has 4 heteroatoms. The molecular weight excluding hydrogens is 256 g/mol. The molecule has 19 heavy (non-hydrogen) atoms. The van der Waals surface area contributed by atoms with Crippen LogP contribution in [-0.2, 0) is 6.42 Å². The second-order valence-corrected chi connectivity index (χ2v) is 5.65. The highest BCUT2D eigenvalue weighted by Crippen LogP contribution is 2.21. The number of benzene rings is 1. The molecule has 1 unspecified atom stereocenters. The summed E-state index contributed by atoms with van der Waals surface area (Å²) in [5.41, 5.74) is 4.18. The highest BCUT2D eigenvalue weighted by Gasteiger charge is 2.16. The molecule has 0 radical (unpaired) electrons. The van der Waals surface area contributed by atoms with Gasteiger partial charge >= 0.3 is 0 Å². The van der Waals surface area contributed by atoms with Gasteiger partial charge in [0.1, 0.15) is 0 Å². The second-order valence-electron chi connectivity index (χ2n) is 4.76. The molecule has 2 N–H and O–H groups in total. The van der Waals surface area contributed by atoms with Crippen molar-refractivity contribution >= 4 is 11.3 Å².